The van der Waals surface area contributed by atoms with Crippen molar-refractivity contribution in [1.82, 2.24) is 52.5 Å². The summed E-state index contributed by atoms with van der Waals surface area (Å²) in [5.74, 6) is 1.36. The molecule has 95 heavy (non-hydrogen) atoms. The van der Waals surface area contributed by atoms with Crippen LogP contribution in [0.3, 0.4) is 0 Å². The molecule has 0 unspecified atom stereocenters. The number of halogens is 1. The first-order valence-corrected chi connectivity index (χ1v) is 40.6. The second-order valence-electron chi connectivity index (χ2n) is 27.8. The minimum Gasteiger partial charge on any atom is -0.364 e. The minimum atomic E-state index is -3.09. The molecule has 2 amide bonds. The van der Waals surface area contributed by atoms with Crippen LogP contribution in [0.2, 0.25) is 0 Å². The Balaban J connectivity index is 0.000000121. The van der Waals surface area contributed by atoms with Gasteiger partial charge in [-0.15, -0.1) is 0 Å². The highest BCUT2D eigenvalue weighted by Gasteiger charge is 2.31. The van der Waals surface area contributed by atoms with Crippen LogP contribution in [-0.4, -0.2) is 187 Å². The lowest BCUT2D eigenvalue weighted by atomic mass is 9.85. The molecule has 10 heterocycles. The van der Waals surface area contributed by atoms with Crippen LogP contribution < -0.4 is 0 Å². The highest BCUT2D eigenvalue weighted by molar-refractivity contribution is 7.88. The third kappa shape index (κ3) is 17.6. The molecule has 1 aromatic carbocycles. The van der Waals surface area contributed by atoms with Crippen molar-refractivity contribution in [2.75, 3.05) is 97.3 Å². The van der Waals surface area contributed by atoms with Gasteiger partial charge in [-0.1, -0.05) is 12.2 Å². The lowest BCUT2D eigenvalue weighted by molar-refractivity contribution is -0.130. The predicted octanol–water partition coefficient (Wildman–Crippen LogP) is 10.5. The van der Waals surface area contributed by atoms with E-state index in [9.17, 15) is 39.2 Å². The maximum absolute atomic E-state index is 13.2. The number of benzene rings is 1. The second kappa shape index (κ2) is 31.2. The van der Waals surface area contributed by atoms with Gasteiger partial charge in [0.2, 0.25) is 41.9 Å². The molecular formula is C72H102FN11O8S3. The Morgan fingerprint density at radius 3 is 1.34 bits per heavy atom. The van der Waals surface area contributed by atoms with Gasteiger partial charge < -0.3 is 34.7 Å². The van der Waals surface area contributed by atoms with Crippen molar-refractivity contribution in [3.63, 3.8) is 0 Å². The maximum atomic E-state index is 13.2. The van der Waals surface area contributed by atoms with Gasteiger partial charge in [0.05, 0.1) is 18.8 Å². The number of rotatable bonds is 9. The molecule has 5 aromatic heterocycles. The fourth-order valence-electron chi connectivity index (χ4n) is 15.9. The van der Waals surface area contributed by atoms with Crippen molar-refractivity contribution in [2.24, 2.45) is 0 Å². The number of hydrogen-bond donors (Lipinski definition) is 5. The molecule has 0 bridgehead atoms. The lowest BCUT2D eigenvalue weighted by Crippen LogP contribution is -2.47. The molecule has 5 N–H and O–H groups in total. The number of carbonyl (C=O) groups excluding carboxylic acids is 2. The van der Waals surface area contributed by atoms with Crippen LogP contribution in [0.5, 0.6) is 0 Å². The van der Waals surface area contributed by atoms with E-state index in [-0.39, 0.29) is 17.6 Å². The van der Waals surface area contributed by atoms with E-state index in [1.807, 2.05) is 16.0 Å². The number of aryl methyl sites for hydroxylation is 4. The zero-order chi connectivity index (χ0) is 67.0. The molecule has 23 heteroatoms. The van der Waals surface area contributed by atoms with E-state index >= 15 is 0 Å². The van der Waals surface area contributed by atoms with Crippen LogP contribution in [0.15, 0.2) is 61.3 Å². The molecule has 19 nitrogen and oxygen atoms in total. The quantitative estimate of drug-likeness (QED) is 0.0925. The molecule has 3 saturated heterocycles. The number of piperazine rings is 1. The van der Waals surface area contributed by atoms with Crippen LogP contribution in [0.1, 0.15) is 188 Å². The number of sulfonamides is 3. The zero-order valence-corrected chi connectivity index (χ0v) is 59.2. The van der Waals surface area contributed by atoms with Crippen LogP contribution in [0, 0.1) is 5.82 Å². The Labute approximate surface area is 563 Å². The molecule has 15 rings (SSSR count). The van der Waals surface area contributed by atoms with E-state index in [1.54, 1.807) is 35.3 Å². The van der Waals surface area contributed by atoms with Crippen molar-refractivity contribution in [2.45, 2.75) is 173 Å². The molecule has 3 fully saturated rings. The first-order valence-electron chi connectivity index (χ1n) is 35.0. The Bertz CT molecular complexity index is 4060. The monoisotopic (exact) mass is 1360 g/mol. The van der Waals surface area contributed by atoms with E-state index in [0.29, 0.717) is 64.2 Å². The first-order chi connectivity index (χ1) is 45.5. The van der Waals surface area contributed by atoms with E-state index < -0.39 is 30.1 Å². The summed E-state index contributed by atoms with van der Waals surface area (Å²) in [5.41, 5.74) is 22.2. The average Bonchev–Trinajstić information content (AvgIpc) is 1.80. The van der Waals surface area contributed by atoms with Crippen molar-refractivity contribution in [3.8, 4) is 0 Å². The third-order valence-corrected chi connectivity index (χ3v) is 25.3. The predicted molar refractivity (Wildman–Crippen MR) is 376 cm³/mol. The summed E-state index contributed by atoms with van der Waals surface area (Å²) < 4.78 is 86.9. The molecule has 6 aromatic rings. The number of likely N-dealkylation sites (tertiary alicyclic amines) is 1. The summed E-state index contributed by atoms with van der Waals surface area (Å²) >= 11 is 0. The average molecular weight is 1360 g/mol. The number of aromatic nitrogens is 5. The standard InChI is InChI=1S/C15H22N2O.C15H20N2O.C14H18FN3O2S.C14H22N2O2S.C14H20N2O2S/c2*1-11(18)17-8-6-12(7-9-17)14-10-16-15-5-3-2-4-13(14)15;1-21(19,20)18-6-4-17(5-7-18)10-11-9-16-14-8-12(15)2-3-13(11)14;2*1-19(17,18)16-8-6-11(7-9-16)13-10-15-14-5-3-2-4-12(13)14/h10,12,16H,2-9H2,1H3;6,10,16H,2-5,7-9H2,1H3;2-3,8-9,16H,4-7,10H2,1H3;10-11,15H,2-9H2,1H3;6,10,15H,2-5,7-9H2,1H3. The molecule has 5 aliphatic heterocycles. The van der Waals surface area contributed by atoms with Gasteiger partial charge in [-0.3, -0.25) is 14.5 Å². The van der Waals surface area contributed by atoms with Crippen LogP contribution in [0.25, 0.3) is 22.0 Å². The summed E-state index contributed by atoms with van der Waals surface area (Å²) in [6, 6.07) is 4.73. The maximum Gasteiger partial charge on any atom is 0.219 e. The summed E-state index contributed by atoms with van der Waals surface area (Å²) in [6.07, 6.45) is 44.7. The second-order valence-corrected chi connectivity index (χ2v) is 33.7. The number of piperidine rings is 2. The van der Waals surface area contributed by atoms with Crippen molar-refractivity contribution < 1.29 is 39.2 Å². The largest absolute Gasteiger partial charge is 0.364 e. The molecule has 0 radical (unpaired) electrons. The topological polar surface area (TPSA) is 235 Å². The highest BCUT2D eigenvalue weighted by Crippen LogP contribution is 2.38. The van der Waals surface area contributed by atoms with Crippen molar-refractivity contribution in [3.05, 3.63) is 140 Å². The van der Waals surface area contributed by atoms with Crippen LogP contribution >= 0.6 is 0 Å². The van der Waals surface area contributed by atoms with Gasteiger partial charge in [-0.2, -0.15) is 8.61 Å². The van der Waals surface area contributed by atoms with Crippen LogP contribution in [0.4, 0.5) is 4.39 Å². The molecule has 518 valence electrons. The van der Waals surface area contributed by atoms with Gasteiger partial charge in [0, 0.05) is 164 Å². The van der Waals surface area contributed by atoms with Crippen molar-refractivity contribution in [1.29, 1.82) is 0 Å². The fraction of sp³-hybridized carbons (Fsp3) is 0.583. The molecule has 0 atom stereocenters. The van der Waals surface area contributed by atoms with Gasteiger partial charge in [0.25, 0.3) is 0 Å². The summed E-state index contributed by atoms with van der Waals surface area (Å²) in [6.45, 7) is 12.5. The lowest BCUT2D eigenvalue weighted by Gasteiger charge is -2.33. The van der Waals surface area contributed by atoms with E-state index in [4.69, 9.17) is 0 Å². The van der Waals surface area contributed by atoms with Gasteiger partial charge >= 0.3 is 0 Å². The number of hydrogen-bond acceptors (Lipinski definition) is 9. The van der Waals surface area contributed by atoms with E-state index in [1.165, 1.54) is 197 Å². The molecule has 4 aliphatic carbocycles. The first kappa shape index (κ1) is 70.2. The van der Waals surface area contributed by atoms with Gasteiger partial charge in [-0.05, 0) is 233 Å². The van der Waals surface area contributed by atoms with Gasteiger partial charge in [-0.25, -0.2) is 33.9 Å². The number of fused-ring (bicyclic) bond motifs is 5. The number of carbonyl (C=O) groups is 2. The Morgan fingerprint density at radius 2 is 0.884 bits per heavy atom. The van der Waals surface area contributed by atoms with Gasteiger partial charge in [0.1, 0.15) is 5.82 Å². The number of aromatic amines is 5. The molecule has 9 aliphatic rings. The molecule has 0 saturated carbocycles. The Hall–Kier alpha value is -6.08. The third-order valence-electron chi connectivity index (χ3n) is 21.5. The summed E-state index contributed by atoms with van der Waals surface area (Å²) in [7, 11) is -9.16. The molecular weight excluding hydrogens is 1260 g/mol. The van der Waals surface area contributed by atoms with Gasteiger partial charge in [0.15, 0.2) is 0 Å². The smallest absolute Gasteiger partial charge is 0.219 e. The SMILES string of the molecule is CC(=O)N1CC=C(c2c[nH]c3c2CCCC3)CC1.CC(=O)N1CCC(c2c[nH]c3c2CCCC3)CC1.CS(=O)(=O)N1CC=C(c2c[nH]c3c2CCCC3)CC1.CS(=O)(=O)N1CCC(c2c[nH]c3c2CCCC3)CC1.CS(=O)(=O)N1CCN(Cc2c[nH]c3cc(F)ccc23)CC1. The zero-order valence-electron chi connectivity index (χ0n) is 56.7. The summed E-state index contributed by atoms with van der Waals surface area (Å²) in [5, 5.41) is 1.02. The minimum absolute atomic E-state index is 0.182. The Kier molecular flexibility index (Phi) is 23.1. The fourth-order valence-corrected chi connectivity index (χ4v) is 18.4. The number of H-pyrrole nitrogens is 5. The van der Waals surface area contributed by atoms with E-state index in [0.717, 1.165) is 101 Å². The Morgan fingerprint density at radius 1 is 0.453 bits per heavy atom. The summed E-state index contributed by atoms with van der Waals surface area (Å²) in [4.78, 5) is 45.6. The number of amides is 2. The van der Waals surface area contributed by atoms with Crippen molar-refractivity contribution >= 4 is 63.9 Å². The number of nitrogens with zero attached hydrogens (tertiary/aromatic N) is 6. The molecule has 0 spiro atoms. The van der Waals surface area contributed by atoms with Crippen LogP contribution in [-0.2, 0) is 97.6 Å². The van der Waals surface area contributed by atoms with E-state index in [2.05, 4.69) is 66.8 Å². The normalized spacial score (nSPS) is 20.4. The number of nitrogens with one attached hydrogen (secondary N) is 5. The highest BCUT2D eigenvalue weighted by atomic mass is 32.2.